The SMILES string of the molecule is CC(C)C(S)C(=O)NC1CCC1(C)C. The largest absolute Gasteiger partial charge is 0.352 e. The summed E-state index contributed by atoms with van der Waals surface area (Å²) in [7, 11) is 0. The predicted octanol–water partition coefficient (Wildman–Crippen LogP) is 2.25. The second-order valence-electron chi connectivity index (χ2n) is 5.28. The number of hydrogen-bond acceptors (Lipinski definition) is 2. The van der Waals surface area contributed by atoms with Gasteiger partial charge in [0.2, 0.25) is 5.91 Å². The van der Waals surface area contributed by atoms with Crippen LogP contribution in [0.5, 0.6) is 0 Å². The highest BCUT2D eigenvalue weighted by Gasteiger charge is 2.39. The standard InChI is InChI=1S/C11H21NOS/c1-7(2)9(14)10(13)12-8-5-6-11(8,3)4/h7-9,14H,5-6H2,1-4H3,(H,12,13). The van der Waals surface area contributed by atoms with Crippen LogP contribution in [0.4, 0.5) is 0 Å². The summed E-state index contributed by atoms with van der Waals surface area (Å²) >= 11 is 4.30. The number of carbonyl (C=O) groups is 1. The Kier molecular flexibility index (Phi) is 3.51. The van der Waals surface area contributed by atoms with Gasteiger partial charge >= 0.3 is 0 Å². The normalized spacial score (nSPS) is 26.9. The van der Waals surface area contributed by atoms with Crippen LogP contribution >= 0.6 is 12.6 Å². The molecule has 1 aliphatic rings. The highest BCUT2D eigenvalue weighted by atomic mass is 32.1. The van der Waals surface area contributed by atoms with E-state index < -0.39 is 0 Å². The molecule has 0 aromatic carbocycles. The molecule has 1 rings (SSSR count). The number of rotatable bonds is 3. The Morgan fingerprint density at radius 1 is 1.50 bits per heavy atom. The number of hydrogen-bond donors (Lipinski definition) is 2. The molecule has 0 aromatic heterocycles. The van der Waals surface area contributed by atoms with Crippen LogP contribution in [0.1, 0.15) is 40.5 Å². The second-order valence-corrected chi connectivity index (χ2v) is 5.83. The van der Waals surface area contributed by atoms with Crippen LogP contribution in [-0.4, -0.2) is 17.2 Å². The fourth-order valence-corrected chi connectivity index (χ4v) is 1.77. The van der Waals surface area contributed by atoms with E-state index in [0.29, 0.717) is 12.0 Å². The Morgan fingerprint density at radius 3 is 2.36 bits per heavy atom. The van der Waals surface area contributed by atoms with Crippen molar-refractivity contribution >= 4 is 18.5 Å². The smallest absolute Gasteiger partial charge is 0.233 e. The third-order valence-corrected chi connectivity index (χ3v) is 4.07. The maximum atomic E-state index is 11.7. The first-order valence-corrected chi connectivity index (χ1v) is 5.84. The lowest BCUT2D eigenvalue weighted by Crippen LogP contribution is -2.54. The molecule has 0 spiro atoms. The highest BCUT2D eigenvalue weighted by Crippen LogP contribution is 2.40. The second kappa shape index (κ2) is 4.13. The average molecular weight is 215 g/mol. The van der Waals surface area contributed by atoms with E-state index in [9.17, 15) is 4.79 Å². The van der Waals surface area contributed by atoms with Gasteiger partial charge in [0, 0.05) is 6.04 Å². The topological polar surface area (TPSA) is 29.1 Å². The van der Waals surface area contributed by atoms with Gasteiger partial charge in [0.05, 0.1) is 5.25 Å². The molecule has 0 saturated heterocycles. The molecule has 1 N–H and O–H groups in total. The Morgan fingerprint density at radius 2 is 2.07 bits per heavy atom. The van der Waals surface area contributed by atoms with Gasteiger partial charge in [-0.3, -0.25) is 4.79 Å². The monoisotopic (exact) mass is 215 g/mol. The van der Waals surface area contributed by atoms with E-state index in [1.54, 1.807) is 0 Å². The maximum Gasteiger partial charge on any atom is 0.233 e. The first-order valence-electron chi connectivity index (χ1n) is 5.33. The molecular weight excluding hydrogens is 194 g/mol. The summed E-state index contributed by atoms with van der Waals surface area (Å²) in [5.74, 6) is 0.377. The minimum atomic E-state index is -0.175. The van der Waals surface area contributed by atoms with Gasteiger partial charge in [-0.25, -0.2) is 0 Å². The fourth-order valence-electron chi connectivity index (χ4n) is 1.69. The van der Waals surface area contributed by atoms with Crippen LogP contribution in [0, 0.1) is 11.3 Å². The van der Waals surface area contributed by atoms with Crippen molar-refractivity contribution in [1.29, 1.82) is 0 Å². The van der Waals surface area contributed by atoms with Gasteiger partial charge in [0.15, 0.2) is 0 Å². The minimum Gasteiger partial charge on any atom is -0.352 e. The zero-order valence-corrected chi connectivity index (χ0v) is 10.4. The summed E-state index contributed by atoms with van der Waals surface area (Å²) < 4.78 is 0. The Bertz CT molecular complexity index is 225. The predicted molar refractivity (Wildman–Crippen MR) is 62.6 cm³/mol. The summed E-state index contributed by atoms with van der Waals surface area (Å²) in [4.78, 5) is 11.7. The molecule has 1 amide bonds. The van der Waals surface area contributed by atoms with Crippen LogP contribution in [-0.2, 0) is 4.79 Å². The molecule has 82 valence electrons. The number of thiol groups is 1. The third-order valence-electron chi connectivity index (χ3n) is 3.24. The molecule has 14 heavy (non-hydrogen) atoms. The molecule has 1 aliphatic carbocycles. The average Bonchev–Trinajstić information content (AvgIpc) is 2.10. The van der Waals surface area contributed by atoms with E-state index in [0.717, 1.165) is 6.42 Å². The molecule has 0 bridgehead atoms. The minimum absolute atomic E-state index is 0.0844. The lowest BCUT2D eigenvalue weighted by atomic mass is 9.67. The third kappa shape index (κ3) is 2.44. The molecule has 1 saturated carbocycles. The summed E-state index contributed by atoms with van der Waals surface area (Å²) in [6.45, 7) is 8.43. The molecule has 3 heteroatoms. The van der Waals surface area contributed by atoms with Gasteiger partial charge in [-0.15, -0.1) is 0 Å². The molecular formula is C11H21NOS. The van der Waals surface area contributed by atoms with Crippen LogP contribution in [0.2, 0.25) is 0 Å². The van der Waals surface area contributed by atoms with Crippen LogP contribution < -0.4 is 5.32 Å². The molecule has 0 aliphatic heterocycles. The fraction of sp³-hybridized carbons (Fsp3) is 0.909. The molecule has 2 nitrogen and oxygen atoms in total. The van der Waals surface area contributed by atoms with E-state index >= 15 is 0 Å². The molecule has 0 radical (unpaired) electrons. The van der Waals surface area contributed by atoms with E-state index in [1.807, 2.05) is 13.8 Å². The number of carbonyl (C=O) groups excluding carboxylic acids is 1. The summed E-state index contributed by atoms with van der Waals surface area (Å²) in [6.07, 6.45) is 2.31. The van der Waals surface area contributed by atoms with Gasteiger partial charge in [0.1, 0.15) is 0 Å². The van der Waals surface area contributed by atoms with Gasteiger partial charge < -0.3 is 5.32 Å². The molecule has 2 unspecified atom stereocenters. The molecule has 1 fully saturated rings. The van der Waals surface area contributed by atoms with Crippen LogP contribution in [0.25, 0.3) is 0 Å². The van der Waals surface area contributed by atoms with Crippen molar-refractivity contribution in [3.8, 4) is 0 Å². The van der Waals surface area contributed by atoms with Crippen LogP contribution in [0.15, 0.2) is 0 Å². The first-order chi connectivity index (χ1) is 6.34. The van der Waals surface area contributed by atoms with Crippen molar-refractivity contribution < 1.29 is 4.79 Å². The van der Waals surface area contributed by atoms with E-state index in [4.69, 9.17) is 0 Å². The van der Waals surface area contributed by atoms with Crippen molar-refractivity contribution in [3.05, 3.63) is 0 Å². The Balaban J connectivity index is 2.42. The van der Waals surface area contributed by atoms with Crippen molar-refractivity contribution in [2.24, 2.45) is 11.3 Å². The zero-order chi connectivity index (χ0) is 10.9. The van der Waals surface area contributed by atoms with Crippen molar-refractivity contribution in [2.75, 3.05) is 0 Å². The van der Waals surface area contributed by atoms with Crippen molar-refractivity contribution in [1.82, 2.24) is 5.32 Å². The van der Waals surface area contributed by atoms with Crippen molar-refractivity contribution in [3.63, 3.8) is 0 Å². The lowest BCUT2D eigenvalue weighted by molar-refractivity contribution is -0.124. The van der Waals surface area contributed by atoms with Gasteiger partial charge in [-0.1, -0.05) is 27.7 Å². The number of amides is 1. The maximum absolute atomic E-state index is 11.7. The zero-order valence-electron chi connectivity index (χ0n) is 9.50. The van der Waals surface area contributed by atoms with Crippen molar-refractivity contribution in [2.45, 2.75) is 51.8 Å². The van der Waals surface area contributed by atoms with E-state index in [1.165, 1.54) is 6.42 Å². The van der Waals surface area contributed by atoms with Gasteiger partial charge in [0.25, 0.3) is 0 Å². The molecule has 2 atom stereocenters. The number of nitrogens with one attached hydrogen (secondary N) is 1. The molecule has 0 heterocycles. The van der Waals surface area contributed by atoms with E-state index in [2.05, 4.69) is 31.8 Å². The summed E-state index contributed by atoms with van der Waals surface area (Å²) in [5, 5.41) is 2.90. The summed E-state index contributed by atoms with van der Waals surface area (Å²) in [6, 6.07) is 0.350. The summed E-state index contributed by atoms with van der Waals surface area (Å²) in [5.41, 5.74) is 0.278. The molecule has 0 aromatic rings. The highest BCUT2D eigenvalue weighted by molar-refractivity contribution is 7.81. The van der Waals surface area contributed by atoms with Crippen LogP contribution in [0.3, 0.4) is 0 Å². The van der Waals surface area contributed by atoms with E-state index in [-0.39, 0.29) is 16.6 Å². The Hall–Kier alpha value is -0.180. The Labute approximate surface area is 92.2 Å². The lowest BCUT2D eigenvalue weighted by Gasteiger charge is -2.45. The quantitative estimate of drug-likeness (QED) is 0.695. The first kappa shape index (κ1) is 11.9. The van der Waals surface area contributed by atoms with Gasteiger partial charge in [-0.05, 0) is 24.2 Å². The van der Waals surface area contributed by atoms with Gasteiger partial charge in [-0.2, -0.15) is 12.6 Å².